The van der Waals surface area contributed by atoms with Gasteiger partial charge in [-0.05, 0) is 42.5 Å². The van der Waals surface area contributed by atoms with Crippen LogP contribution in [0.3, 0.4) is 0 Å². The molecule has 4 rings (SSSR count). The van der Waals surface area contributed by atoms with Crippen molar-refractivity contribution < 1.29 is 28.5 Å². The van der Waals surface area contributed by atoms with E-state index >= 15 is 0 Å². The number of hydrogen-bond acceptors (Lipinski definition) is 7. The van der Waals surface area contributed by atoms with E-state index in [2.05, 4.69) is 4.98 Å². The third-order valence-electron chi connectivity index (χ3n) is 4.01. The number of aromatic hydroxyl groups is 2. The van der Waals surface area contributed by atoms with Crippen LogP contribution in [0.5, 0.6) is 23.0 Å². The highest BCUT2D eigenvalue weighted by Crippen LogP contribution is 2.29. The maximum Gasteiger partial charge on any atom is 0.227 e. The zero-order valence-corrected chi connectivity index (χ0v) is 15.7. The molecule has 1 aromatic heterocycles. The number of nitrogen functional groups attached to an aromatic ring is 1. The Morgan fingerprint density at radius 3 is 2.45 bits per heavy atom. The quantitative estimate of drug-likeness (QED) is 0.440. The SMILES string of the molecule is COc1ccc(N)c(OC)c1.Oc1ccc2nc(-c3ccc(O)c(F)c3)oc2c1. The Balaban J connectivity index is 0.000000188. The van der Waals surface area contributed by atoms with Gasteiger partial charge in [-0.2, -0.15) is 0 Å². The first-order valence-electron chi connectivity index (χ1n) is 8.47. The maximum absolute atomic E-state index is 13.2. The molecular formula is C21H19FN2O5. The molecule has 0 fully saturated rings. The molecule has 4 N–H and O–H groups in total. The van der Waals surface area contributed by atoms with Gasteiger partial charge >= 0.3 is 0 Å². The molecule has 0 saturated carbocycles. The molecule has 1 heterocycles. The highest BCUT2D eigenvalue weighted by atomic mass is 19.1. The van der Waals surface area contributed by atoms with Gasteiger partial charge < -0.3 is 29.8 Å². The summed E-state index contributed by atoms with van der Waals surface area (Å²) in [4.78, 5) is 4.17. The third kappa shape index (κ3) is 4.49. The number of nitrogens with two attached hydrogens (primary N) is 1. The molecular weight excluding hydrogens is 379 g/mol. The van der Waals surface area contributed by atoms with E-state index in [-0.39, 0.29) is 11.6 Å². The molecule has 0 spiro atoms. The number of hydrogen-bond donors (Lipinski definition) is 3. The lowest BCUT2D eigenvalue weighted by Gasteiger charge is -2.05. The van der Waals surface area contributed by atoms with Gasteiger partial charge in [-0.3, -0.25) is 0 Å². The first-order valence-corrected chi connectivity index (χ1v) is 8.47. The third-order valence-corrected chi connectivity index (χ3v) is 4.01. The Hall–Kier alpha value is -3.94. The topological polar surface area (TPSA) is 111 Å². The van der Waals surface area contributed by atoms with Gasteiger partial charge in [-0.1, -0.05) is 0 Å². The van der Waals surface area contributed by atoms with Crippen molar-refractivity contribution >= 4 is 16.8 Å². The van der Waals surface area contributed by atoms with Crippen LogP contribution in [0.25, 0.3) is 22.6 Å². The Morgan fingerprint density at radius 1 is 0.966 bits per heavy atom. The van der Waals surface area contributed by atoms with Gasteiger partial charge in [-0.25, -0.2) is 9.37 Å². The van der Waals surface area contributed by atoms with Crippen LogP contribution < -0.4 is 15.2 Å². The van der Waals surface area contributed by atoms with Crippen LogP contribution in [0.4, 0.5) is 10.1 Å². The number of phenols is 2. The number of oxazole rings is 1. The molecule has 0 atom stereocenters. The fourth-order valence-corrected chi connectivity index (χ4v) is 2.50. The van der Waals surface area contributed by atoms with Crippen molar-refractivity contribution in [1.29, 1.82) is 0 Å². The van der Waals surface area contributed by atoms with Crippen molar-refractivity contribution in [1.82, 2.24) is 4.98 Å². The number of anilines is 1. The Bertz CT molecular complexity index is 1140. The number of methoxy groups -OCH3 is 2. The number of phenolic OH excluding ortho intramolecular Hbond substituents is 2. The van der Waals surface area contributed by atoms with Crippen LogP contribution in [0.2, 0.25) is 0 Å². The lowest BCUT2D eigenvalue weighted by molar-refractivity contribution is 0.395. The molecule has 3 aromatic carbocycles. The van der Waals surface area contributed by atoms with Crippen LogP contribution in [-0.2, 0) is 0 Å². The van der Waals surface area contributed by atoms with Crippen LogP contribution in [0, 0.1) is 5.82 Å². The lowest BCUT2D eigenvalue weighted by Crippen LogP contribution is -1.92. The minimum atomic E-state index is -0.738. The standard InChI is InChI=1S/C13H8FNO3.C8H11NO2/c14-9-5-7(1-4-11(9)17)13-15-10-3-2-8(16)6-12(10)18-13;1-10-6-3-4-7(9)8(5-6)11-2/h1-6,16-17H;3-5H,9H2,1-2H3. The zero-order valence-electron chi connectivity index (χ0n) is 15.7. The number of fused-ring (bicyclic) bond motifs is 1. The van der Waals surface area contributed by atoms with Crippen molar-refractivity contribution in [2.24, 2.45) is 0 Å². The molecule has 8 heteroatoms. The smallest absolute Gasteiger partial charge is 0.227 e. The second-order valence-electron chi connectivity index (χ2n) is 5.95. The van der Waals surface area contributed by atoms with Crippen molar-refractivity contribution in [2.75, 3.05) is 20.0 Å². The van der Waals surface area contributed by atoms with Gasteiger partial charge in [0.2, 0.25) is 5.89 Å². The predicted molar refractivity (Wildman–Crippen MR) is 107 cm³/mol. The fourth-order valence-electron chi connectivity index (χ4n) is 2.50. The van der Waals surface area contributed by atoms with E-state index in [1.807, 2.05) is 0 Å². The number of halogens is 1. The number of aromatic nitrogens is 1. The van der Waals surface area contributed by atoms with Crippen LogP contribution in [0.1, 0.15) is 0 Å². The molecule has 0 bridgehead atoms. The molecule has 0 saturated heterocycles. The Kier molecular flexibility index (Phi) is 5.73. The summed E-state index contributed by atoms with van der Waals surface area (Å²) < 4.78 is 28.6. The number of benzene rings is 3. The Morgan fingerprint density at radius 2 is 1.76 bits per heavy atom. The fraction of sp³-hybridized carbons (Fsp3) is 0.0952. The second-order valence-corrected chi connectivity index (χ2v) is 5.95. The van der Waals surface area contributed by atoms with Crippen LogP contribution in [-0.4, -0.2) is 29.4 Å². The molecule has 0 amide bonds. The zero-order chi connectivity index (χ0) is 21.0. The van der Waals surface area contributed by atoms with E-state index in [9.17, 15) is 9.50 Å². The summed E-state index contributed by atoms with van der Waals surface area (Å²) in [5.41, 5.74) is 7.59. The van der Waals surface area contributed by atoms with Crippen LogP contribution >= 0.6 is 0 Å². The molecule has 29 heavy (non-hydrogen) atoms. The summed E-state index contributed by atoms with van der Waals surface area (Å²) in [6, 6.07) is 13.7. The molecule has 150 valence electrons. The average molecular weight is 398 g/mol. The van der Waals surface area contributed by atoms with E-state index in [0.29, 0.717) is 28.1 Å². The van der Waals surface area contributed by atoms with Crippen molar-refractivity contribution in [3.8, 4) is 34.5 Å². The van der Waals surface area contributed by atoms with E-state index in [1.54, 1.807) is 38.5 Å². The monoisotopic (exact) mass is 398 g/mol. The largest absolute Gasteiger partial charge is 0.508 e. The lowest BCUT2D eigenvalue weighted by atomic mass is 10.2. The maximum atomic E-state index is 13.2. The van der Waals surface area contributed by atoms with Gasteiger partial charge in [0, 0.05) is 17.7 Å². The minimum Gasteiger partial charge on any atom is -0.508 e. The number of ether oxygens (including phenoxy) is 2. The molecule has 4 aromatic rings. The summed E-state index contributed by atoms with van der Waals surface area (Å²) in [6.07, 6.45) is 0. The highest BCUT2D eigenvalue weighted by Gasteiger charge is 2.11. The van der Waals surface area contributed by atoms with E-state index < -0.39 is 11.6 Å². The molecule has 0 aliphatic carbocycles. The van der Waals surface area contributed by atoms with Gasteiger partial charge in [0.15, 0.2) is 17.1 Å². The van der Waals surface area contributed by atoms with Crippen molar-refractivity contribution in [3.05, 3.63) is 60.4 Å². The van der Waals surface area contributed by atoms with Gasteiger partial charge in [0.25, 0.3) is 0 Å². The molecule has 7 nitrogen and oxygen atoms in total. The van der Waals surface area contributed by atoms with Gasteiger partial charge in [0.1, 0.15) is 22.8 Å². The number of nitrogens with zero attached hydrogens (tertiary/aromatic N) is 1. The van der Waals surface area contributed by atoms with E-state index in [4.69, 9.17) is 24.7 Å². The van der Waals surface area contributed by atoms with Crippen LogP contribution in [0.15, 0.2) is 59.0 Å². The summed E-state index contributed by atoms with van der Waals surface area (Å²) in [5.74, 6) is 0.530. The summed E-state index contributed by atoms with van der Waals surface area (Å²) in [6.45, 7) is 0. The molecule has 0 aliphatic rings. The van der Waals surface area contributed by atoms with Crippen molar-refractivity contribution in [3.63, 3.8) is 0 Å². The normalized spacial score (nSPS) is 10.3. The summed E-state index contributed by atoms with van der Waals surface area (Å²) in [5, 5.41) is 18.4. The first-order chi connectivity index (χ1) is 13.9. The molecule has 0 aliphatic heterocycles. The Labute approximate surface area is 165 Å². The second kappa shape index (κ2) is 8.39. The highest BCUT2D eigenvalue weighted by molar-refractivity contribution is 5.77. The van der Waals surface area contributed by atoms with Crippen molar-refractivity contribution in [2.45, 2.75) is 0 Å². The first kappa shape index (κ1) is 19.8. The number of rotatable bonds is 3. The van der Waals surface area contributed by atoms with Gasteiger partial charge in [0.05, 0.1) is 19.9 Å². The van der Waals surface area contributed by atoms with E-state index in [1.165, 1.54) is 24.3 Å². The minimum absolute atomic E-state index is 0.0714. The molecule has 0 radical (unpaired) electrons. The summed E-state index contributed by atoms with van der Waals surface area (Å²) in [7, 11) is 3.18. The predicted octanol–water partition coefficient (Wildman–Crippen LogP) is 4.33. The molecule has 0 unspecified atom stereocenters. The average Bonchev–Trinajstić information content (AvgIpc) is 3.14. The summed E-state index contributed by atoms with van der Waals surface area (Å²) >= 11 is 0. The van der Waals surface area contributed by atoms with Gasteiger partial charge in [-0.15, -0.1) is 0 Å². The van der Waals surface area contributed by atoms with E-state index in [0.717, 1.165) is 11.8 Å².